The van der Waals surface area contributed by atoms with Gasteiger partial charge in [-0.05, 0) is 60.9 Å². The van der Waals surface area contributed by atoms with Crippen LogP contribution in [0.2, 0.25) is 0 Å². The van der Waals surface area contributed by atoms with E-state index in [1.165, 1.54) is 50.2 Å². The van der Waals surface area contributed by atoms with Crippen molar-refractivity contribution in [2.45, 2.75) is 38.3 Å². The number of esters is 1. The average Bonchev–Trinajstić information content (AvgIpc) is 3.43. The Balaban J connectivity index is 1.48. The molecule has 1 aliphatic rings. The van der Waals surface area contributed by atoms with Crippen molar-refractivity contribution in [3.63, 3.8) is 0 Å². The summed E-state index contributed by atoms with van der Waals surface area (Å²) in [4.78, 5) is 38.9. The molecule has 0 unspecified atom stereocenters. The number of thiophene rings is 1. The molecule has 2 atom stereocenters. The second-order valence-corrected chi connectivity index (χ2v) is 9.34. The van der Waals surface area contributed by atoms with Crippen LogP contribution < -0.4 is 20.1 Å². The van der Waals surface area contributed by atoms with Crippen molar-refractivity contribution in [1.29, 1.82) is 0 Å². The second kappa shape index (κ2) is 11.3. The van der Waals surface area contributed by atoms with Crippen molar-refractivity contribution in [2.24, 2.45) is 0 Å². The Bertz CT molecular complexity index is 1260. The van der Waals surface area contributed by atoms with Crippen LogP contribution in [0.5, 0.6) is 11.5 Å². The van der Waals surface area contributed by atoms with E-state index in [1.807, 2.05) is 18.2 Å². The van der Waals surface area contributed by atoms with Crippen molar-refractivity contribution >= 4 is 34.8 Å². The number of ether oxygens (including phenoxy) is 3. The van der Waals surface area contributed by atoms with Gasteiger partial charge in [-0.15, -0.1) is 11.3 Å². The van der Waals surface area contributed by atoms with Gasteiger partial charge in [0.2, 0.25) is 0 Å². The molecule has 188 valence electrons. The molecule has 0 radical (unpaired) electrons. The molecule has 0 aliphatic heterocycles. The zero-order chi connectivity index (χ0) is 25.7. The molecule has 0 saturated carbocycles. The van der Waals surface area contributed by atoms with Crippen molar-refractivity contribution in [3.05, 3.63) is 75.5 Å². The Morgan fingerprint density at radius 2 is 1.86 bits per heavy atom. The average molecular weight is 509 g/mol. The van der Waals surface area contributed by atoms with Crippen LogP contribution in [0, 0.1) is 0 Å². The highest BCUT2D eigenvalue weighted by atomic mass is 32.1. The minimum Gasteiger partial charge on any atom is -0.493 e. The van der Waals surface area contributed by atoms with E-state index in [2.05, 4.69) is 16.7 Å². The van der Waals surface area contributed by atoms with Gasteiger partial charge in [0.25, 0.3) is 11.8 Å². The lowest BCUT2D eigenvalue weighted by Gasteiger charge is -2.27. The Labute approximate surface area is 213 Å². The first-order chi connectivity index (χ1) is 17.4. The number of hydrogen-bond acceptors (Lipinski definition) is 7. The van der Waals surface area contributed by atoms with Gasteiger partial charge in [-0.1, -0.05) is 30.3 Å². The molecule has 4 rings (SSSR count). The number of carbonyl (C=O) groups excluding carboxylic acids is 3. The van der Waals surface area contributed by atoms with Crippen molar-refractivity contribution in [2.75, 3.05) is 19.5 Å². The third kappa shape index (κ3) is 5.52. The lowest BCUT2D eigenvalue weighted by atomic mass is 9.87. The van der Waals surface area contributed by atoms with Gasteiger partial charge in [-0.25, -0.2) is 4.79 Å². The first-order valence-electron chi connectivity index (χ1n) is 11.6. The maximum absolute atomic E-state index is 13.0. The summed E-state index contributed by atoms with van der Waals surface area (Å²) in [5.41, 5.74) is 2.68. The summed E-state index contributed by atoms with van der Waals surface area (Å²) >= 11 is 1.29. The molecule has 2 amide bonds. The molecule has 0 spiro atoms. The molecule has 3 aromatic rings. The van der Waals surface area contributed by atoms with E-state index in [9.17, 15) is 14.4 Å². The number of anilines is 1. The van der Waals surface area contributed by atoms with Crippen LogP contribution in [0.4, 0.5) is 5.69 Å². The normalized spacial score (nSPS) is 15.2. The van der Waals surface area contributed by atoms with E-state index in [0.29, 0.717) is 4.88 Å². The van der Waals surface area contributed by atoms with Crippen LogP contribution in [0.3, 0.4) is 0 Å². The third-order valence-corrected chi connectivity index (χ3v) is 6.92. The summed E-state index contributed by atoms with van der Waals surface area (Å²) in [6.07, 6.45) is 1.76. The SMILES string of the molecule is COc1cc(C(=O)O[C@H](C)C(=O)N[C@@H]2CCCc3ccccc32)cc(NC(=O)c2cccs2)c1OC. The standard InChI is InChI=1S/C27H28N2O6S/c1-16(25(30)28-20-11-6-9-17-8-4-5-10-19(17)20)35-27(32)18-14-21(24(34-3)22(15-18)33-2)29-26(31)23-12-7-13-36-23/h4-5,7-8,10,12-16,20H,6,9,11H2,1-3H3,(H,28,30)(H,29,31)/t16-,20-/m1/s1. The van der Waals surface area contributed by atoms with Crippen LogP contribution in [-0.4, -0.2) is 38.1 Å². The smallest absolute Gasteiger partial charge is 0.339 e. The maximum atomic E-state index is 13.0. The summed E-state index contributed by atoms with van der Waals surface area (Å²) in [6.45, 7) is 1.53. The van der Waals surface area contributed by atoms with Gasteiger partial charge in [0.05, 0.1) is 36.4 Å². The number of nitrogens with one attached hydrogen (secondary N) is 2. The monoisotopic (exact) mass is 508 g/mol. The lowest BCUT2D eigenvalue weighted by Crippen LogP contribution is -2.39. The molecule has 1 aromatic heterocycles. The minimum absolute atomic E-state index is 0.108. The molecular weight excluding hydrogens is 480 g/mol. The number of amides is 2. The van der Waals surface area contributed by atoms with E-state index in [0.717, 1.165) is 24.8 Å². The number of benzene rings is 2. The Morgan fingerprint density at radius 1 is 1.06 bits per heavy atom. The number of fused-ring (bicyclic) bond motifs is 1. The zero-order valence-corrected chi connectivity index (χ0v) is 21.1. The minimum atomic E-state index is -1.02. The number of methoxy groups -OCH3 is 2. The molecule has 9 heteroatoms. The summed E-state index contributed by atoms with van der Waals surface area (Å²) in [5, 5.41) is 7.55. The van der Waals surface area contributed by atoms with Gasteiger partial charge in [0.1, 0.15) is 0 Å². The van der Waals surface area contributed by atoms with E-state index in [4.69, 9.17) is 14.2 Å². The van der Waals surface area contributed by atoms with Crippen LogP contribution in [0.15, 0.2) is 53.9 Å². The number of hydrogen-bond donors (Lipinski definition) is 2. The molecule has 36 heavy (non-hydrogen) atoms. The highest BCUT2D eigenvalue weighted by Gasteiger charge is 2.27. The van der Waals surface area contributed by atoms with E-state index in [1.54, 1.807) is 17.5 Å². The predicted octanol–water partition coefficient (Wildman–Crippen LogP) is 4.76. The van der Waals surface area contributed by atoms with E-state index >= 15 is 0 Å². The summed E-state index contributed by atoms with van der Waals surface area (Å²) in [6, 6.07) is 14.3. The van der Waals surface area contributed by atoms with Crippen molar-refractivity contribution < 1.29 is 28.6 Å². The Hall–Kier alpha value is -3.85. The van der Waals surface area contributed by atoms with Crippen molar-refractivity contribution in [1.82, 2.24) is 5.32 Å². The highest BCUT2D eigenvalue weighted by molar-refractivity contribution is 7.12. The highest BCUT2D eigenvalue weighted by Crippen LogP contribution is 2.37. The first-order valence-corrected chi connectivity index (χ1v) is 12.5. The predicted molar refractivity (Wildman–Crippen MR) is 137 cm³/mol. The van der Waals surface area contributed by atoms with Crippen LogP contribution >= 0.6 is 11.3 Å². The fourth-order valence-electron chi connectivity index (χ4n) is 4.24. The molecule has 0 saturated heterocycles. The molecule has 1 heterocycles. The van der Waals surface area contributed by atoms with Gasteiger partial charge in [-0.3, -0.25) is 9.59 Å². The van der Waals surface area contributed by atoms with Gasteiger partial charge in [-0.2, -0.15) is 0 Å². The Morgan fingerprint density at radius 3 is 2.58 bits per heavy atom. The molecule has 2 aromatic carbocycles. The van der Waals surface area contributed by atoms with E-state index in [-0.39, 0.29) is 40.6 Å². The lowest BCUT2D eigenvalue weighted by molar-refractivity contribution is -0.130. The molecular formula is C27H28N2O6S. The summed E-state index contributed by atoms with van der Waals surface area (Å²) in [5.74, 6) is -0.951. The number of rotatable bonds is 8. The molecule has 0 fully saturated rings. The molecule has 1 aliphatic carbocycles. The second-order valence-electron chi connectivity index (χ2n) is 8.39. The topological polar surface area (TPSA) is 103 Å². The van der Waals surface area contributed by atoms with E-state index < -0.39 is 12.1 Å². The van der Waals surface area contributed by atoms with Gasteiger partial charge >= 0.3 is 5.97 Å². The number of aryl methyl sites for hydroxylation is 1. The Kier molecular flexibility index (Phi) is 7.90. The molecule has 8 nitrogen and oxygen atoms in total. The van der Waals surface area contributed by atoms with Crippen LogP contribution in [0.25, 0.3) is 0 Å². The fraction of sp³-hybridized carbons (Fsp3) is 0.296. The molecule has 0 bridgehead atoms. The first kappa shape index (κ1) is 25.2. The van der Waals surface area contributed by atoms with Gasteiger partial charge < -0.3 is 24.8 Å². The fourth-order valence-corrected chi connectivity index (χ4v) is 4.86. The zero-order valence-electron chi connectivity index (χ0n) is 20.3. The number of carbonyl (C=O) groups is 3. The third-order valence-electron chi connectivity index (χ3n) is 6.05. The van der Waals surface area contributed by atoms with Crippen LogP contribution in [-0.2, 0) is 16.0 Å². The summed E-state index contributed by atoms with van der Waals surface area (Å²) < 4.78 is 16.2. The molecule has 2 N–H and O–H groups in total. The van der Waals surface area contributed by atoms with Crippen LogP contribution in [0.1, 0.15) is 57.0 Å². The van der Waals surface area contributed by atoms with Crippen molar-refractivity contribution in [3.8, 4) is 11.5 Å². The largest absolute Gasteiger partial charge is 0.493 e. The summed E-state index contributed by atoms with van der Waals surface area (Å²) in [7, 11) is 2.86. The maximum Gasteiger partial charge on any atom is 0.339 e. The van der Waals surface area contributed by atoms with Gasteiger partial charge in [0, 0.05) is 0 Å². The van der Waals surface area contributed by atoms with Gasteiger partial charge in [0.15, 0.2) is 17.6 Å². The quantitative estimate of drug-likeness (QED) is 0.426.